The molecule has 13 heavy (non-hydrogen) atoms. The molecule has 0 rings (SSSR count). The van der Waals surface area contributed by atoms with E-state index in [0.29, 0.717) is 16.5 Å². The Balaban J connectivity index is 3.61. The average molecular weight is 205 g/mol. The molecule has 0 aromatic heterocycles. The number of thioether (sulfide) groups is 1. The van der Waals surface area contributed by atoms with Gasteiger partial charge in [-0.15, -0.1) is 0 Å². The van der Waals surface area contributed by atoms with E-state index in [1.54, 1.807) is 0 Å². The molecule has 2 nitrogen and oxygen atoms in total. The number of aliphatic hydroxyl groups is 1. The van der Waals surface area contributed by atoms with Crippen molar-refractivity contribution in [1.29, 1.82) is 0 Å². The van der Waals surface area contributed by atoms with Crippen molar-refractivity contribution in [2.45, 2.75) is 50.7 Å². The van der Waals surface area contributed by atoms with Crippen LogP contribution >= 0.6 is 11.8 Å². The molecular formula is C10H23NOS. The van der Waals surface area contributed by atoms with Crippen LogP contribution in [0, 0.1) is 0 Å². The molecule has 3 atom stereocenters. The molecule has 0 spiro atoms. The van der Waals surface area contributed by atoms with Gasteiger partial charge in [0.2, 0.25) is 0 Å². The highest BCUT2D eigenvalue weighted by atomic mass is 32.2. The Morgan fingerprint density at radius 2 is 1.92 bits per heavy atom. The summed E-state index contributed by atoms with van der Waals surface area (Å²) in [5, 5.41) is 13.3. The summed E-state index contributed by atoms with van der Waals surface area (Å²) in [6.07, 6.45) is 1.18. The first kappa shape index (κ1) is 13.3. The summed E-state index contributed by atoms with van der Waals surface area (Å²) >= 11 is 1.85. The van der Waals surface area contributed by atoms with E-state index in [1.165, 1.54) is 6.42 Å². The highest BCUT2D eigenvalue weighted by Gasteiger charge is 2.14. The van der Waals surface area contributed by atoms with Gasteiger partial charge in [-0.25, -0.2) is 0 Å². The van der Waals surface area contributed by atoms with E-state index in [0.717, 1.165) is 6.54 Å². The van der Waals surface area contributed by atoms with Crippen molar-refractivity contribution < 1.29 is 5.11 Å². The Kier molecular flexibility index (Phi) is 7.81. The Bertz CT molecular complexity index is 121. The van der Waals surface area contributed by atoms with E-state index in [-0.39, 0.29) is 6.61 Å². The molecule has 0 radical (unpaired) electrons. The van der Waals surface area contributed by atoms with Crippen LogP contribution in [0.2, 0.25) is 0 Å². The van der Waals surface area contributed by atoms with Crippen LogP contribution in [0.4, 0.5) is 0 Å². The first-order chi connectivity index (χ1) is 6.11. The van der Waals surface area contributed by atoms with Crippen LogP contribution < -0.4 is 5.32 Å². The van der Waals surface area contributed by atoms with Crippen LogP contribution in [0.15, 0.2) is 0 Å². The minimum Gasteiger partial charge on any atom is -0.395 e. The number of hydrogen-bond acceptors (Lipinski definition) is 3. The van der Waals surface area contributed by atoms with Gasteiger partial charge in [-0.3, -0.25) is 0 Å². The topological polar surface area (TPSA) is 32.3 Å². The van der Waals surface area contributed by atoms with Crippen LogP contribution in [-0.4, -0.2) is 34.8 Å². The number of nitrogens with one attached hydrogen (secondary N) is 1. The van der Waals surface area contributed by atoms with Crippen molar-refractivity contribution >= 4 is 11.8 Å². The van der Waals surface area contributed by atoms with Crippen LogP contribution in [0.5, 0.6) is 0 Å². The second kappa shape index (κ2) is 7.65. The summed E-state index contributed by atoms with van der Waals surface area (Å²) in [7, 11) is 0. The summed E-state index contributed by atoms with van der Waals surface area (Å²) in [4.78, 5) is 0. The van der Waals surface area contributed by atoms with Gasteiger partial charge in [0.1, 0.15) is 0 Å². The molecule has 0 fully saturated rings. The van der Waals surface area contributed by atoms with Crippen LogP contribution in [0.25, 0.3) is 0 Å². The summed E-state index contributed by atoms with van der Waals surface area (Å²) in [6, 6.07) is 0.527. The summed E-state index contributed by atoms with van der Waals surface area (Å²) < 4.78 is 0. The summed E-state index contributed by atoms with van der Waals surface area (Å²) in [5.74, 6) is 0. The van der Waals surface area contributed by atoms with E-state index >= 15 is 0 Å². The highest BCUT2D eigenvalue weighted by Crippen LogP contribution is 2.19. The molecule has 0 bridgehead atoms. The Morgan fingerprint density at radius 3 is 2.38 bits per heavy atom. The third kappa shape index (κ3) is 6.36. The maximum atomic E-state index is 8.90. The van der Waals surface area contributed by atoms with Crippen molar-refractivity contribution in [2.24, 2.45) is 0 Å². The molecule has 0 aliphatic rings. The lowest BCUT2D eigenvalue weighted by atomic mass is 10.2. The molecule has 0 aliphatic heterocycles. The van der Waals surface area contributed by atoms with Gasteiger partial charge in [0, 0.05) is 16.5 Å². The van der Waals surface area contributed by atoms with Gasteiger partial charge in [0.15, 0.2) is 0 Å². The minimum absolute atomic E-state index is 0.273. The predicted molar refractivity (Wildman–Crippen MR) is 61.4 cm³/mol. The average Bonchev–Trinajstić information content (AvgIpc) is 2.13. The lowest BCUT2D eigenvalue weighted by Crippen LogP contribution is -2.35. The fraction of sp³-hybridized carbons (Fsp3) is 1.00. The molecular weight excluding hydrogens is 182 g/mol. The largest absolute Gasteiger partial charge is 0.395 e. The van der Waals surface area contributed by atoms with Gasteiger partial charge in [-0.1, -0.05) is 20.8 Å². The maximum Gasteiger partial charge on any atom is 0.0547 e. The molecule has 0 saturated heterocycles. The lowest BCUT2D eigenvalue weighted by molar-refractivity contribution is 0.299. The quantitative estimate of drug-likeness (QED) is 0.665. The Morgan fingerprint density at radius 1 is 1.31 bits per heavy atom. The Labute approximate surface area is 86.5 Å². The van der Waals surface area contributed by atoms with Crippen LogP contribution in [0.3, 0.4) is 0 Å². The predicted octanol–water partition coefficient (Wildman–Crippen LogP) is 1.88. The molecule has 0 aromatic rings. The third-order valence-electron chi connectivity index (χ3n) is 2.12. The van der Waals surface area contributed by atoms with Gasteiger partial charge < -0.3 is 10.4 Å². The first-order valence-corrected chi connectivity index (χ1v) is 6.05. The SMILES string of the molecule is CCCNC(C)C(C)SC(C)CO. The van der Waals surface area contributed by atoms with Crippen LogP contribution in [-0.2, 0) is 0 Å². The van der Waals surface area contributed by atoms with Gasteiger partial charge in [-0.05, 0) is 19.9 Å². The standard InChI is InChI=1S/C10H23NOS/c1-5-6-11-9(3)10(4)13-8(2)7-12/h8-12H,5-7H2,1-4H3. The first-order valence-electron chi connectivity index (χ1n) is 5.11. The monoisotopic (exact) mass is 205 g/mol. The second-order valence-corrected chi connectivity index (χ2v) is 5.40. The molecule has 0 amide bonds. The molecule has 0 aliphatic carbocycles. The number of rotatable bonds is 7. The van der Waals surface area contributed by atoms with E-state index < -0.39 is 0 Å². The molecule has 0 saturated carbocycles. The smallest absolute Gasteiger partial charge is 0.0547 e. The lowest BCUT2D eigenvalue weighted by Gasteiger charge is -2.23. The molecule has 3 unspecified atom stereocenters. The fourth-order valence-electron chi connectivity index (χ4n) is 1.07. The van der Waals surface area contributed by atoms with Crippen LogP contribution in [0.1, 0.15) is 34.1 Å². The zero-order valence-corrected chi connectivity index (χ0v) is 10.0. The van der Waals surface area contributed by atoms with Gasteiger partial charge in [0.25, 0.3) is 0 Å². The summed E-state index contributed by atoms with van der Waals surface area (Å²) in [6.45, 7) is 10.0. The van der Waals surface area contributed by atoms with Crippen molar-refractivity contribution in [3.8, 4) is 0 Å². The van der Waals surface area contributed by atoms with Gasteiger partial charge >= 0.3 is 0 Å². The molecule has 2 N–H and O–H groups in total. The van der Waals surface area contributed by atoms with Gasteiger partial charge in [0.05, 0.1) is 6.61 Å². The molecule has 0 aromatic carbocycles. The molecule has 3 heteroatoms. The Hall–Kier alpha value is 0.270. The number of hydrogen-bond donors (Lipinski definition) is 2. The van der Waals surface area contributed by atoms with Gasteiger partial charge in [-0.2, -0.15) is 11.8 Å². The summed E-state index contributed by atoms with van der Waals surface area (Å²) in [5.41, 5.74) is 0. The zero-order valence-electron chi connectivity index (χ0n) is 9.21. The zero-order chi connectivity index (χ0) is 10.3. The fourth-order valence-corrected chi connectivity index (χ4v) is 2.22. The minimum atomic E-state index is 0.273. The van der Waals surface area contributed by atoms with Crippen molar-refractivity contribution in [1.82, 2.24) is 5.32 Å². The second-order valence-electron chi connectivity index (χ2n) is 3.58. The van der Waals surface area contributed by atoms with E-state index in [1.807, 2.05) is 11.8 Å². The third-order valence-corrected chi connectivity index (χ3v) is 3.58. The van der Waals surface area contributed by atoms with Crippen molar-refractivity contribution in [2.75, 3.05) is 13.2 Å². The maximum absolute atomic E-state index is 8.90. The van der Waals surface area contributed by atoms with E-state index in [9.17, 15) is 0 Å². The number of aliphatic hydroxyl groups excluding tert-OH is 1. The highest BCUT2D eigenvalue weighted by molar-refractivity contribution is 8.00. The molecule has 80 valence electrons. The van der Waals surface area contributed by atoms with E-state index in [2.05, 4.69) is 33.0 Å². The van der Waals surface area contributed by atoms with E-state index in [4.69, 9.17) is 5.11 Å². The van der Waals surface area contributed by atoms with Crippen molar-refractivity contribution in [3.05, 3.63) is 0 Å². The molecule has 0 heterocycles. The normalized spacial score (nSPS) is 18.2. The van der Waals surface area contributed by atoms with Crippen molar-refractivity contribution in [3.63, 3.8) is 0 Å².